The molecule has 1 aromatic carbocycles. The average molecular weight is 277 g/mol. The SMILES string of the molecule is CC(CCN(C)C1COCC1C(=O)O)c1ccccc1. The van der Waals surface area contributed by atoms with Gasteiger partial charge in [0.1, 0.15) is 0 Å². The molecular formula is C16H23NO3. The van der Waals surface area contributed by atoms with Crippen molar-refractivity contribution in [1.82, 2.24) is 4.90 Å². The summed E-state index contributed by atoms with van der Waals surface area (Å²) in [7, 11) is 1.99. The highest BCUT2D eigenvalue weighted by atomic mass is 16.5. The highest BCUT2D eigenvalue weighted by molar-refractivity contribution is 5.71. The Balaban J connectivity index is 1.86. The Bertz CT molecular complexity index is 435. The molecule has 3 unspecified atom stereocenters. The number of hydrogen-bond donors (Lipinski definition) is 1. The molecule has 4 nitrogen and oxygen atoms in total. The van der Waals surface area contributed by atoms with Gasteiger partial charge in [0.05, 0.1) is 19.1 Å². The maximum Gasteiger partial charge on any atom is 0.310 e. The van der Waals surface area contributed by atoms with Crippen LogP contribution >= 0.6 is 0 Å². The topological polar surface area (TPSA) is 49.8 Å². The molecule has 1 saturated heterocycles. The monoisotopic (exact) mass is 277 g/mol. The van der Waals surface area contributed by atoms with Crippen LogP contribution in [0.4, 0.5) is 0 Å². The van der Waals surface area contributed by atoms with E-state index in [0.29, 0.717) is 19.1 Å². The van der Waals surface area contributed by atoms with Gasteiger partial charge in [-0.2, -0.15) is 0 Å². The standard InChI is InChI=1S/C16H23NO3/c1-12(13-6-4-3-5-7-13)8-9-17(2)15-11-20-10-14(15)16(18)19/h3-7,12,14-15H,8-11H2,1-2H3,(H,18,19). The van der Waals surface area contributed by atoms with Crippen molar-refractivity contribution in [3.63, 3.8) is 0 Å². The van der Waals surface area contributed by atoms with Crippen molar-refractivity contribution in [2.24, 2.45) is 5.92 Å². The second kappa shape index (κ2) is 6.86. The summed E-state index contributed by atoms with van der Waals surface area (Å²) in [5, 5.41) is 9.18. The number of ether oxygens (including phenoxy) is 1. The van der Waals surface area contributed by atoms with Gasteiger partial charge in [-0.15, -0.1) is 0 Å². The van der Waals surface area contributed by atoms with Crippen LogP contribution in [0.5, 0.6) is 0 Å². The van der Waals surface area contributed by atoms with Crippen molar-refractivity contribution in [3.8, 4) is 0 Å². The zero-order valence-electron chi connectivity index (χ0n) is 12.2. The Hall–Kier alpha value is -1.39. The number of likely N-dealkylation sites (N-methyl/N-ethyl adjacent to an activating group) is 1. The minimum absolute atomic E-state index is 0.00419. The van der Waals surface area contributed by atoms with Crippen LogP contribution < -0.4 is 0 Å². The summed E-state index contributed by atoms with van der Waals surface area (Å²) in [4.78, 5) is 13.3. The molecule has 20 heavy (non-hydrogen) atoms. The number of hydrogen-bond acceptors (Lipinski definition) is 3. The Kier molecular flexibility index (Phi) is 5.15. The highest BCUT2D eigenvalue weighted by Gasteiger charge is 2.36. The summed E-state index contributed by atoms with van der Waals surface area (Å²) in [6.45, 7) is 3.95. The van der Waals surface area contributed by atoms with Crippen LogP contribution in [0.2, 0.25) is 0 Å². The second-order valence-corrected chi connectivity index (χ2v) is 5.63. The number of carboxylic acids is 1. The average Bonchev–Trinajstić information content (AvgIpc) is 2.95. The van der Waals surface area contributed by atoms with Crippen molar-refractivity contribution in [2.45, 2.75) is 25.3 Å². The van der Waals surface area contributed by atoms with Gasteiger partial charge in [0.25, 0.3) is 0 Å². The molecule has 3 atom stereocenters. The van der Waals surface area contributed by atoms with Crippen LogP contribution in [0.15, 0.2) is 30.3 Å². The van der Waals surface area contributed by atoms with Crippen molar-refractivity contribution in [3.05, 3.63) is 35.9 Å². The summed E-state index contributed by atoms with van der Waals surface area (Å²) >= 11 is 0. The van der Waals surface area contributed by atoms with Gasteiger partial charge in [0, 0.05) is 6.04 Å². The Morgan fingerprint density at radius 1 is 1.40 bits per heavy atom. The molecule has 4 heteroatoms. The second-order valence-electron chi connectivity index (χ2n) is 5.63. The summed E-state index contributed by atoms with van der Waals surface area (Å²) in [6, 6.07) is 10.4. The third-order valence-corrected chi connectivity index (χ3v) is 4.22. The molecule has 1 N–H and O–H groups in total. The lowest BCUT2D eigenvalue weighted by atomic mass is 9.96. The van der Waals surface area contributed by atoms with Crippen molar-refractivity contribution in [1.29, 1.82) is 0 Å². The molecule has 1 aliphatic heterocycles. The molecule has 0 radical (unpaired) electrons. The van der Waals surface area contributed by atoms with Gasteiger partial charge >= 0.3 is 5.97 Å². The van der Waals surface area contributed by atoms with E-state index in [4.69, 9.17) is 4.74 Å². The van der Waals surface area contributed by atoms with E-state index in [0.717, 1.165) is 13.0 Å². The third-order valence-electron chi connectivity index (χ3n) is 4.22. The van der Waals surface area contributed by atoms with E-state index >= 15 is 0 Å². The van der Waals surface area contributed by atoms with Crippen LogP contribution in [0.1, 0.15) is 24.8 Å². The molecule has 0 aromatic heterocycles. The number of carbonyl (C=O) groups is 1. The van der Waals surface area contributed by atoms with E-state index < -0.39 is 11.9 Å². The van der Waals surface area contributed by atoms with Gasteiger partial charge in [-0.25, -0.2) is 0 Å². The minimum atomic E-state index is -0.754. The first kappa shape index (κ1) is 15.0. The first-order chi connectivity index (χ1) is 9.59. The quantitative estimate of drug-likeness (QED) is 0.866. The maximum absolute atomic E-state index is 11.2. The van der Waals surface area contributed by atoms with Crippen LogP contribution in [0, 0.1) is 5.92 Å². The number of carboxylic acid groups (broad SMARTS) is 1. The lowest BCUT2D eigenvalue weighted by Crippen LogP contribution is -2.41. The van der Waals surface area contributed by atoms with Gasteiger partial charge in [-0.3, -0.25) is 4.79 Å². The molecule has 110 valence electrons. The highest BCUT2D eigenvalue weighted by Crippen LogP contribution is 2.22. The van der Waals surface area contributed by atoms with Crippen LogP contribution in [-0.4, -0.2) is 48.8 Å². The molecule has 0 aliphatic carbocycles. The van der Waals surface area contributed by atoms with Gasteiger partial charge in [-0.05, 0) is 31.5 Å². The van der Waals surface area contributed by atoms with Gasteiger partial charge in [-0.1, -0.05) is 37.3 Å². The first-order valence-electron chi connectivity index (χ1n) is 7.15. The van der Waals surface area contributed by atoms with E-state index in [1.165, 1.54) is 5.56 Å². The molecule has 0 saturated carbocycles. The number of benzene rings is 1. The number of rotatable bonds is 6. The van der Waals surface area contributed by atoms with E-state index in [-0.39, 0.29) is 6.04 Å². The zero-order valence-corrected chi connectivity index (χ0v) is 12.2. The molecule has 1 heterocycles. The first-order valence-corrected chi connectivity index (χ1v) is 7.15. The lowest BCUT2D eigenvalue weighted by molar-refractivity contribution is -0.143. The summed E-state index contributed by atoms with van der Waals surface area (Å²) in [6.07, 6.45) is 1.02. The molecule has 1 fully saturated rings. The number of aliphatic carboxylic acids is 1. The van der Waals surface area contributed by atoms with Crippen LogP contribution in [0.3, 0.4) is 0 Å². The number of nitrogens with zero attached hydrogens (tertiary/aromatic N) is 1. The van der Waals surface area contributed by atoms with Crippen molar-refractivity contribution >= 4 is 5.97 Å². The predicted octanol–water partition coefficient (Wildman–Crippen LogP) is 2.21. The normalized spacial score (nSPS) is 23.9. The van der Waals surface area contributed by atoms with E-state index in [2.05, 4.69) is 36.1 Å². The van der Waals surface area contributed by atoms with Crippen LogP contribution in [0.25, 0.3) is 0 Å². The van der Waals surface area contributed by atoms with E-state index in [1.54, 1.807) is 0 Å². The Morgan fingerprint density at radius 3 is 2.75 bits per heavy atom. The molecule has 1 aliphatic rings. The smallest absolute Gasteiger partial charge is 0.310 e. The Labute approximate surface area is 120 Å². The van der Waals surface area contributed by atoms with E-state index in [1.807, 2.05) is 13.1 Å². The molecule has 2 rings (SSSR count). The largest absolute Gasteiger partial charge is 0.481 e. The van der Waals surface area contributed by atoms with Crippen molar-refractivity contribution in [2.75, 3.05) is 26.8 Å². The lowest BCUT2D eigenvalue weighted by Gasteiger charge is -2.27. The minimum Gasteiger partial charge on any atom is -0.481 e. The fourth-order valence-electron chi connectivity index (χ4n) is 2.72. The molecule has 0 amide bonds. The third kappa shape index (κ3) is 3.58. The molecule has 0 bridgehead atoms. The van der Waals surface area contributed by atoms with Gasteiger partial charge < -0.3 is 14.7 Å². The summed E-state index contributed by atoms with van der Waals surface area (Å²) < 4.78 is 5.32. The molecular weight excluding hydrogens is 254 g/mol. The van der Waals surface area contributed by atoms with Gasteiger partial charge in [0.2, 0.25) is 0 Å². The van der Waals surface area contributed by atoms with E-state index in [9.17, 15) is 9.90 Å². The van der Waals surface area contributed by atoms with Crippen molar-refractivity contribution < 1.29 is 14.6 Å². The predicted molar refractivity (Wildman–Crippen MR) is 77.8 cm³/mol. The fraction of sp³-hybridized carbons (Fsp3) is 0.562. The summed E-state index contributed by atoms with van der Waals surface area (Å²) in [5.74, 6) is -0.674. The maximum atomic E-state index is 11.2. The fourth-order valence-corrected chi connectivity index (χ4v) is 2.72. The Morgan fingerprint density at radius 2 is 2.10 bits per heavy atom. The van der Waals surface area contributed by atoms with Crippen LogP contribution in [-0.2, 0) is 9.53 Å². The van der Waals surface area contributed by atoms with Gasteiger partial charge in [0.15, 0.2) is 0 Å². The molecule has 0 spiro atoms. The molecule has 1 aromatic rings. The zero-order chi connectivity index (χ0) is 14.5. The summed E-state index contributed by atoms with van der Waals surface area (Å²) in [5.41, 5.74) is 1.33.